The van der Waals surface area contributed by atoms with Gasteiger partial charge in [0.15, 0.2) is 5.58 Å². The Kier molecular flexibility index (Phi) is 3.58. The summed E-state index contributed by atoms with van der Waals surface area (Å²) in [7, 11) is 0. The highest BCUT2D eigenvalue weighted by Gasteiger charge is 2.27. The van der Waals surface area contributed by atoms with Gasteiger partial charge in [-0.1, -0.05) is 12.1 Å². The lowest BCUT2D eigenvalue weighted by Gasteiger charge is -2.01. The van der Waals surface area contributed by atoms with Crippen LogP contribution in [0.15, 0.2) is 50.9 Å². The summed E-state index contributed by atoms with van der Waals surface area (Å²) in [6.07, 6.45) is 0. The Balaban J connectivity index is 2.05. The Morgan fingerprint density at radius 1 is 1.09 bits per heavy atom. The number of benzene rings is 2. The van der Waals surface area contributed by atoms with Crippen LogP contribution in [0, 0.1) is 20.2 Å². The summed E-state index contributed by atoms with van der Waals surface area (Å²) in [5.74, 6) is -0.984. The van der Waals surface area contributed by atoms with Crippen molar-refractivity contribution in [3.05, 3.63) is 56.6 Å². The first-order valence-corrected chi connectivity index (χ1v) is 6.96. The maximum absolute atomic E-state index is 10.9. The quantitative estimate of drug-likeness (QED) is 0.566. The van der Waals surface area contributed by atoms with Crippen molar-refractivity contribution in [2.45, 2.75) is 10.1 Å². The van der Waals surface area contributed by atoms with E-state index in [1.165, 1.54) is 0 Å². The Hall–Kier alpha value is -3.14. The molecule has 0 atom stereocenters. The van der Waals surface area contributed by atoms with Crippen LogP contribution in [0.2, 0.25) is 0 Å². The van der Waals surface area contributed by atoms with Crippen LogP contribution in [0.4, 0.5) is 11.4 Å². The standard InChI is InChI=1S/C13H7N3O6S/c17-12-9(15(18)19)5-7(6-10(12)16(20)21)23-13-14-8-3-1-2-4-11(8)22-13/h1-6,17H. The number of hydrogen-bond donors (Lipinski definition) is 1. The van der Waals surface area contributed by atoms with E-state index in [-0.39, 0.29) is 10.1 Å². The molecule has 0 saturated carbocycles. The van der Waals surface area contributed by atoms with E-state index in [1.807, 2.05) is 0 Å². The summed E-state index contributed by atoms with van der Waals surface area (Å²) in [4.78, 5) is 24.4. The van der Waals surface area contributed by atoms with Crippen molar-refractivity contribution in [3.63, 3.8) is 0 Å². The molecule has 0 amide bonds. The molecule has 1 heterocycles. The molecular formula is C13H7N3O6S. The minimum atomic E-state index is -0.984. The van der Waals surface area contributed by atoms with E-state index in [0.29, 0.717) is 11.1 Å². The molecule has 23 heavy (non-hydrogen) atoms. The van der Waals surface area contributed by atoms with Crippen molar-refractivity contribution in [1.82, 2.24) is 4.98 Å². The third-order valence-electron chi connectivity index (χ3n) is 2.92. The number of nitro groups is 2. The molecule has 0 aliphatic heterocycles. The molecule has 0 bridgehead atoms. The molecule has 0 aliphatic carbocycles. The zero-order chi connectivity index (χ0) is 16.6. The molecular weight excluding hydrogens is 326 g/mol. The molecule has 0 spiro atoms. The highest BCUT2D eigenvalue weighted by Crippen LogP contribution is 2.41. The lowest BCUT2D eigenvalue weighted by Crippen LogP contribution is -1.95. The minimum Gasteiger partial charge on any atom is -0.497 e. The Morgan fingerprint density at radius 3 is 2.26 bits per heavy atom. The summed E-state index contributed by atoms with van der Waals surface area (Å²) in [6.45, 7) is 0. The minimum absolute atomic E-state index is 0.160. The molecule has 10 heteroatoms. The van der Waals surface area contributed by atoms with Gasteiger partial charge in [-0.3, -0.25) is 20.2 Å². The second-order valence-corrected chi connectivity index (χ2v) is 5.40. The first-order valence-electron chi connectivity index (χ1n) is 6.15. The number of nitrogens with zero attached hydrogens (tertiary/aromatic N) is 3. The number of aromatic nitrogens is 1. The van der Waals surface area contributed by atoms with E-state index in [2.05, 4.69) is 4.98 Å². The van der Waals surface area contributed by atoms with Gasteiger partial charge in [-0.25, -0.2) is 4.98 Å². The third kappa shape index (κ3) is 2.79. The smallest absolute Gasteiger partial charge is 0.319 e. The van der Waals surface area contributed by atoms with Gasteiger partial charge in [-0.2, -0.15) is 0 Å². The molecule has 0 aliphatic rings. The molecule has 3 rings (SSSR count). The number of rotatable bonds is 4. The Labute approximate surface area is 131 Å². The average molecular weight is 333 g/mol. The summed E-state index contributed by atoms with van der Waals surface area (Å²) in [5.41, 5.74) is -0.383. The van der Waals surface area contributed by atoms with Crippen molar-refractivity contribution in [2.24, 2.45) is 0 Å². The number of phenols is 1. The second-order valence-electron chi connectivity index (χ2n) is 4.37. The van der Waals surface area contributed by atoms with Gasteiger partial charge in [0.05, 0.1) is 9.85 Å². The topological polar surface area (TPSA) is 133 Å². The fourth-order valence-corrected chi connectivity index (χ4v) is 2.73. The van der Waals surface area contributed by atoms with Crippen molar-refractivity contribution >= 4 is 34.2 Å². The van der Waals surface area contributed by atoms with E-state index in [9.17, 15) is 25.3 Å². The zero-order valence-electron chi connectivity index (χ0n) is 11.2. The molecule has 9 nitrogen and oxygen atoms in total. The van der Waals surface area contributed by atoms with Crippen molar-refractivity contribution < 1.29 is 19.4 Å². The fourth-order valence-electron chi connectivity index (χ4n) is 1.91. The summed E-state index contributed by atoms with van der Waals surface area (Å²) in [5, 5.41) is 31.6. The summed E-state index contributed by atoms with van der Waals surface area (Å²) >= 11 is 0.887. The molecule has 0 unspecified atom stereocenters. The normalized spacial score (nSPS) is 10.8. The molecule has 3 aromatic rings. The molecule has 0 fully saturated rings. The lowest BCUT2D eigenvalue weighted by atomic mass is 10.2. The number of oxazole rings is 1. The number of para-hydroxylation sites is 2. The van der Waals surface area contributed by atoms with E-state index in [1.54, 1.807) is 24.3 Å². The lowest BCUT2D eigenvalue weighted by molar-refractivity contribution is -0.396. The number of aromatic hydroxyl groups is 1. The fraction of sp³-hybridized carbons (Fsp3) is 0. The van der Waals surface area contributed by atoms with Gasteiger partial charge < -0.3 is 9.52 Å². The van der Waals surface area contributed by atoms with Crippen LogP contribution in [0.5, 0.6) is 5.75 Å². The molecule has 1 aromatic heterocycles. The highest BCUT2D eigenvalue weighted by atomic mass is 32.2. The van der Waals surface area contributed by atoms with Crippen molar-refractivity contribution in [3.8, 4) is 5.75 Å². The summed E-state index contributed by atoms with van der Waals surface area (Å²) < 4.78 is 5.45. The van der Waals surface area contributed by atoms with Gasteiger partial charge in [-0.05, 0) is 23.9 Å². The van der Waals surface area contributed by atoms with Crippen molar-refractivity contribution in [2.75, 3.05) is 0 Å². The number of fused-ring (bicyclic) bond motifs is 1. The maximum Gasteiger partial charge on any atom is 0.319 e. The van der Waals surface area contributed by atoms with Crippen LogP contribution in [0.1, 0.15) is 0 Å². The van der Waals surface area contributed by atoms with Crippen molar-refractivity contribution in [1.29, 1.82) is 0 Å². The van der Waals surface area contributed by atoms with E-state index in [0.717, 1.165) is 23.9 Å². The van der Waals surface area contributed by atoms with Crippen LogP contribution in [0.25, 0.3) is 11.1 Å². The third-order valence-corrected chi connectivity index (χ3v) is 3.74. The van der Waals surface area contributed by atoms with Gasteiger partial charge in [0, 0.05) is 17.0 Å². The van der Waals surface area contributed by atoms with Crippen LogP contribution in [0.3, 0.4) is 0 Å². The highest BCUT2D eigenvalue weighted by molar-refractivity contribution is 7.99. The first-order chi connectivity index (χ1) is 11.0. The van der Waals surface area contributed by atoms with Gasteiger partial charge in [-0.15, -0.1) is 0 Å². The number of hydrogen-bond acceptors (Lipinski definition) is 8. The molecule has 0 radical (unpaired) electrons. The largest absolute Gasteiger partial charge is 0.497 e. The first kappa shape index (κ1) is 14.8. The second kappa shape index (κ2) is 5.57. The molecule has 116 valence electrons. The van der Waals surface area contributed by atoms with E-state index < -0.39 is 27.0 Å². The van der Waals surface area contributed by atoms with Gasteiger partial charge in [0.25, 0.3) is 11.0 Å². The van der Waals surface area contributed by atoms with Crippen LogP contribution in [-0.4, -0.2) is 19.9 Å². The van der Waals surface area contributed by atoms with Crippen LogP contribution in [-0.2, 0) is 0 Å². The predicted octanol–water partition coefficient (Wildman–Crippen LogP) is 3.50. The molecule has 0 saturated heterocycles. The Bertz CT molecular complexity index is 870. The monoisotopic (exact) mass is 333 g/mol. The SMILES string of the molecule is O=[N+]([O-])c1cc(Sc2nc3ccccc3o2)cc([N+](=O)[O-])c1O. The molecule has 1 N–H and O–H groups in total. The predicted molar refractivity (Wildman–Crippen MR) is 79.5 cm³/mol. The van der Waals surface area contributed by atoms with Crippen LogP contribution >= 0.6 is 11.8 Å². The van der Waals surface area contributed by atoms with Gasteiger partial charge in [0.2, 0.25) is 0 Å². The zero-order valence-corrected chi connectivity index (χ0v) is 12.0. The van der Waals surface area contributed by atoms with Gasteiger partial charge in [0.1, 0.15) is 5.52 Å². The van der Waals surface area contributed by atoms with E-state index in [4.69, 9.17) is 4.42 Å². The van der Waals surface area contributed by atoms with Crippen LogP contribution < -0.4 is 0 Å². The maximum atomic E-state index is 10.9. The van der Waals surface area contributed by atoms with Gasteiger partial charge >= 0.3 is 11.4 Å². The molecule has 2 aromatic carbocycles. The average Bonchev–Trinajstić information content (AvgIpc) is 2.90. The number of phenolic OH excluding ortho intramolecular Hbond substituents is 1. The Morgan fingerprint density at radius 2 is 1.70 bits per heavy atom. The number of nitro benzene ring substituents is 2. The van der Waals surface area contributed by atoms with E-state index >= 15 is 0 Å². The summed E-state index contributed by atoms with van der Waals surface area (Å²) in [6, 6.07) is 9.02.